The van der Waals surface area contributed by atoms with Crippen LogP contribution >= 0.6 is 0 Å². The second-order valence-corrected chi connectivity index (χ2v) is 7.88. The number of nitrogens with zero attached hydrogens (tertiary/aromatic N) is 1. The van der Waals surface area contributed by atoms with E-state index < -0.39 is 0 Å². The number of hydrogen-bond acceptors (Lipinski definition) is 4. The van der Waals surface area contributed by atoms with Gasteiger partial charge < -0.3 is 15.4 Å². The Bertz CT molecular complexity index is 661. The molecule has 3 rings (SSSR count). The molecule has 1 amide bonds. The Morgan fingerprint density at radius 3 is 2.58 bits per heavy atom. The molecular formula is C20H31N3O3. The first-order chi connectivity index (χ1) is 12.5. The zero-order valence-electron chi connectivity index (χ0n) is 15.7. The van der Waals surface area contributed by atoms with E-state index in [1.807, 2.05) is 6.07 Å². The summed E-state index contributed by atoms with van der Waals surface area (Å²) in [5, 5.41) is 12.5. The number of aliphatic hydroxyl groups is 1. The van der Waals surface area contributed by atoms with Gasteiger partial charge in [0.15, 0.2) is 0 Å². The first kappa shape index (κ1) is 19.1. The molecule has 6 heteroatoms. The van der Waals surface area contributed by atoms with E-state index >= 15 is 0 Å². The minimum absolute atomic E-state index is 0.0450. The molecule has 144 valence electrons. The largest absolute Gasteiger partial charge is 0.393 e. The van der Waals surface area contributed by atoms with Crippen molar-refractivity contribution in [3.8, 4) is 0 Å². The third-order valence-corrected chi connectivity index (χ3v) is 5.39. The molecule has 0 radical (unpaired) electrons. The van der Waals surface area contributed by atoms with Crippen LogP contribution in [0.4, 0.5) is 0 Å². The summed E-state index contributed by atoms with van der Waals surface area (Å²) in [4.78, 5) is 30.0. The van der Waals surface area contributed by atoms with Crippen LogP contribution in [0.15, 0.2) is 16.9 Å². The van der Waals surface area contributed by atoms with E-state index in [0.717, 1.165) is 50.5 Å². The number of hydrogen-bond donors (Lipinski definition) is 3. The van der Waals surface area contributed by atoms with Crippen LogP contribution in [0.25, 0.3) is 0 Å². The molecule has 0 saturated heterocycles. The van der Waals surface area contributed by atoms with Gasteiger partial charge in [0.2, 0.25) is 0 Å². The quantitative estimate of drug-likeness (QED) is 0.661. The van der Waals surface area contributed by atoms with Gasteiger partial charge in [-0.3, -0.25) is 14.5 Å². The Morgan fingerprint density at radius 1 is 1.23 bits per heavy atom. The van der Waals surface area contributed by atoms with Crippen molar-refractivity contribution in [1.29, 1.82) is 0 Å². The second kappa shape index (κ2) is 8.82. The van der Waals surface area contributed by atoms with Gasteiger partial charge in [-0.15, -0.1) is 0 Å². The van der Waals surface area contributed by atoms with Gasteiger partial charge in [0.25, 0.3) is 11.5 Å². The molecule has 1 aromatic heterocycles. The summed E-state index contributed by atoms with van der Waals surface area (Å²) in [7, 11) is 0. The van der Waals surface area contributed by atoms with E-state index in [1.165, 1.54) is 12.8 Å². The van der Waals surface area contributed by atoms with Crippen LogP contribution in [0.3, 0.4) is 0 Å². The number of carbonyl (C=O) groups is 1. The summed E-state index contributed by atoms with van der Waals surface area (Å²) < 4.78 is 0. The molecule has 0 aromatic carbocycles. The maximum atomic E-state index is 12.4. The fourth-order valence-electron chi connectivity index (χ4n) is 3.73. The Kier molecular flexibility index (Phi) is 6.48. The lowest BCUT2D eigenvalue weighted by molar-refractivity contribution is 0.0866. The summed E-state index contributed by atoms with van der Waals surface area (Å²) >= 11 is 0. The smallest absolute Gasteiger partial charge is 0.261 e. The van der Waals surface area contributed by atoms with Crippen LogP contribution in [0, 0.1) is 5.92 Å². The molecule has 2 aliphatic rings. The van der Waals surface area contributed by atoms with E-state index in [1.54, 1.807) is 6.07 Å². The highest BCUT2D eigenvalue weighted by Gasteiger charge is 2.25. The average molecular weight is 361 g/mol. The Morgan fingerprint density at radius 2 is 1.96 bits per heavy atom. The fraction of sp³-hybridized carbons (Fsp3) is 0.700. The third kappa shape index (κ3) is 5.42. The van der Waals surface area contributed by atoms with Gasteiger partial charge in [-0.25, -0.2) is 0 Å². The molecule has 0 spiro atoms. The minimum Gasteiger partial charge on any atom is -0.393 e. The Balaban J connectivity index is 1.59. The summed E-state index contributed by atoms with van der Waals surface area (Å²) in [6.07, 6.45) is 6.39. The van der Waals surface area contributed by atoms with Crippen LogP contribution in [-0.2, 0) is 6.54 Å². The monoisotopic (exact) mass is 361 g/mol. The van der Waals surface area contributed by atoms with Crippen molar-refractivity contribution in [1.82, 2.24) is 15.2 Å². The highest BCUT2D eigenvalue weighted by molar-refractivity contribution is 5.94. The first-order valence-electron chi connectivity index (χ1n) is 9.98. The van der Waals surface area contributed by atoms with Crippen LogP contribution in [0.1, 0.15) is 67.9 Å². The number of aromatic nitrogens is 1. The Hall–Kier alpha value is -1.66. The number of pyridine rings is 1. The third-order valence-electron chi connectivity index (χ3n) is 5.39. The molecule has 0 aliphatic heterocycles. The van der Waals surface area contributed by atoms with Crippen molar-refractivity contribution < 1.29 is 9.90 Å². The van der Waals surface area contributed by atoms with E-state index in [2.05, 4.69) is 22.1 Å². The molecule has 3 N–H and O–H groups in total. The van der Waals surface area contributed by atoms with Crippen molar-refractivity contribution in [3.63, 3.8) is 0 Å². The van der Waals surface area contributed by atoms with Gasteiger partial charge in [0, 0.05) is 24.8 Å². The highest BCUT2D eigenvalue weighted by Crippen LogP contribution is 2.30. The van der Waals surface area contributed by atoms with Gasteiger partial charge in [0.1, 0.15) is 5.56 Å². The average Bonchev–Trinajstić information content (AvgIpc) is 3.41. The molecular weight excluding hydrogens is 330 g/mol. The molecule has 2 fully saturated rings. The maximum Gasteiger partial charge on any atom is 0.261 e. The molecule has 0 unspecified atom stereocenters. The lowest BCUT2D eigenvalue weighted by Gasteiger charge is -2.26. The van der Waals surface area contributed by atoms with E-state index in [9.17, 15) is 14.7 Å². The molecule has 6 nitrogen and oxygen atoms in total. The van der Waals surface area contributed by atoms with Crippen LogP contribution < -0.4 is 10.9 Å². The molecule has 0 atom stereocenters. The number of amides is 1. The van der Waals surface area contributed by atoms with Crippen molar-refractivity contribution in [2.75, 3.05) is 13.1 Å². The van der Waals surface area contributed by atoms with Gasteiger partial charge in [-0.1, -0.05) is 6.92 Å². The second-order valence-electron chi connectivity index (χ2n) is 7.88. The van der Waals surface area contributed by atoms with Crippen molar-refractivity contribution in [2.24, 2.45) is 5.92 Å². The standard InChI is InChI=1S/C20H31N3O3/c1-2-11-23(12-14-3-4-14)13-16-7-10-18(20(26)22-16)19(25)21-15-5-8-17(24)9-6-15/h7,10,14-15,17,24H,2-6,8-9,11-13H2,1H3,(H,21,25)(H,22,26). The molecule has 1 heterocycles. The van der Waals surface area contributed by atoms with Gasteiger partial charge >= 0.3 is 0 Å². The fourth-order valence-corrected chi connectivity index (χ4v) is 3.73. The van der Waals surface area contributed by atoms with E-state index in [0.29, 0.717) is 12.8 Å². The zero-order chi connectivity index (χ0) is 18.5. The summed E-state index contributed by atoms with van der Waals surface area (Å²) in [6.45, 7) is 5.00. The van der Waals surface area contributed by atoms with Crippen molar-refractivity contribution >= 4 is 5.91 Å². The van der Waals surface area contributed by atoms with Crippen molar-refractivity contribution in [2.45, 2.75) is 70.6 Å². The lowest BCUT2D eigenvalue weighted by atomic mass is 9.93. The SMILES string of the molecule is CCCN(Cc1ccc(C(=O)NC2CCC(O)CC2)c(=O)[nH]1)CC1CC1. The zero-order valence-corrected chi connectivity index (χ0v) is 15.7. The van der Waals surface area contributed by atoms with Crippen molar-refractivity contribution in [3.05, 3.63) is 33.7 Å². The normalized spacial score (nSPS) is 23.2. The number of aromatic amines is 1. The van der Waals surface area contributed by atoms with Crippen LogP contribution in [0.2, 0.25) is 0 Å². The lowest BCUT2D eigenvalue weighted by Crippen LogP contribution is -2.40. The minimum atomic E-state index is -0.321. The number of H-pyrrole nitrogens is 1. The number of nitrogens with one attached hydrogen (secondary N) is 2. The summed E-state index contributed by atoms with van der Waals surface area (Å²) in [5.41, 5.74) is 0.712. The predicted octanol–water partition coefficient (Wildman–Crippen LogP) is 2.03. The van der Waals surface area contributed by atoms with Crippen LogP contribution in [0.5, 0.6) is 0 Å². The molecule has 2 saturated carbocycles. The predicted molar refractivity (Wildman–Crippen MR) is 101 cm³/mol. The van der Waals surface area contributed by atoms with E-state index in [4.69, 9.17) is 0 Å². The van der Waals surface area contributed by atoms with Crippen LogP contribution in [-0.4, -0.2) is 46.1 Å². The summed E-state index contributed by atoms with van der Waals surface area (Å²) in [5.74, 6) is 0.495. The number of aliphatic hydroxyl groups excluding tert-OH is 1. The molecule has 26 heavy (non-hydrogen) atoms. The van der Waals surface area contributed by atoms with Gasteiger partial charge in [-0.2, -0.15) is 0 Å². The highest BCUT2D eigenvalue weighted by atomic mass is 16.3. The first-order valence-corrected chi connectivity index (χ1v) is 9.98. The molecule has 0 bridgehead atoms. The van der Waals surface area contributed by atoms with Gasteiger partial charge in [0.05, 0.1) is 6.10 Å². The molecule has 2 aliphatic carbocycles. The molecule has 1 aromatic rings. The van der Waals surface area contributed by atoms with Gasteiger partial charge in [-0.05, 0) is 69.5 Å². The topological polar surface area (TPSA) is 85.4 Å². The van der Waals surface area contributed by atoms with E-state index in [-0.39, 0.29) is 29.2 Å². The number of carbonyl (C=O) groups excluding carboxylic acids is 1. The number of rotatable bonds is 8. The Labute approximate surface area is 155 Å². The summed E-state index contributed by atoms with van der Waals surface area (Å²) in [6, 6.07) is 3.54. The maximum absolute atomic E-state index is 12.4.